The average molecular weight is 229 g/mol. The van der Waals surface area contributed by atoms with Crippen LogP contribution in [0.15, 0.2) is 12.1 Å². The van der Waals surface area contributed by atoms with Crippen LogP contribution in [0.4, 0.5) is 0 Å². The molecule has 0 amide bonds. The number of aromatic amines is 1. The number of imidazole rings is 1. The van der Waals surface area contributed by atoms with E-state index in [9.17, 15) is 0 Å². The molecule has 0 saturated heterocycles. The fourth-order valence-electron chi connectivity index (χ4n) is 2.73. The van der Waals surface area contributed by atoms with Crippen LogP contribution in [0.25, 0.3) is 11.2 Å². The minimum atomic E-state index is 0.612. The van der Waals surface area contributed by atoms with Gasteiger partial charge in [-0.15, -0.1) is 0 Å². The summed E-state index contributed by atoms with van der Waals surface area (Å²) in [6.07, 6.45) is 5.18. The number of H-pyrrole nitrogens is 1. The van der Waals surface area contributed by atoms with E-state index in [4.69, 9.17) is 0 Å². The monoisotopic (exact) mass is 229 g/mol. The molecule has 1 aliphatic rings. The summed E-state index contributed by atoms with van der Waals surface area (Å²) in [5, 5.41) is 0. The van der Waals surface area contributed by atoms with Crippen LogP contribution in [0.1, 0.15) is 50.0 Å². The van der Waals surface area contributed by atoms with E-state index >= 15 is 0 Å². The molecule has 2 aromatic rings. The number of hydrogen-bond donors (Lipinski definition) is 1. The Morgan fingerprint density at radius 3 is 2.65 bits per heavy atom. The first-order valence-electron chi connectivity index (χ1n) is 6.55. The van der Waals surface area contributed by atoms with Crippen molar-refractivity contribution in [3.8, 4) is 0 Å². The Hall–Kier alpha value is -1.38. The third-order valence-electron chi connectivity index (χ3n) is 3.91. The summed E-state index contributed by atoms with van der Waals surface area (Å²) in [6.45, 7) is 4.36. The maximum atomic E-state index is 4.66. The number of aromatic nitrogens is 3. The minimum Gasteiger partial charge on any atom is -0.340 e. The van der Waals surface area contributed by atoms with Crippen LogP contribution in [0.2, 0.25) is 0 Å². The minimum absolute atomic E-state index is 0.612. The van der Waals surface area contributed by atoms with Crippen molar-refractivity contribution < 1.29 is 0 Å². The largest absolute Gasteiger partial charge is 0.340 e. The van der Waals surface area contributed by atoms with E-state index in [1.165, 1.54) is 25.7 Å². The number of nitrogens with zero attached hydrogens (tertiary/aromatic N) is 2. The third kappa shape index (κ3) is 2.06. The Kier molecular flexibility index (Phi) is 2.61. The molecule has 3 rings (SSSR count). The van der Waals surface area contributed by atoms with Gasteiger partial charge in [0.05, 0.1) is 5.52 Å². The van der Waals surface area contributed by atoms with Crippen molar-refractivity contribution in [2.75, 3.05) is 0 Å². The van der Waals surface area contributed by atoms with Gasteiger partial charge in [0.2, 0.25) is 0 Å². The average Bonchev–Trinajstić information content (AvgIpc) is 2.72. The highest BCUT2D eigenvalue weighted by molar-refractivity contribution is 5.70. The summed E-state index contributed by atoms with van der Waals surface area (Å²) in [5.74, 6) is 2.64. The van der Waals surface area contributed by atoms with Crippen molar-refractivity contribution in [3.63, 3.8) is 0 Å². The number of hydrogen-bond acceptors (Lipinski definition) is 2. The van der Waals surface area contributed by atoms with E-state index in [0.29, 0.717) is 5.92 Å². The normalized spacial score (nSPS) is 25.3. The molecule has 0 radical (unpaired) electrons. The first-order valence-corrected chi connectivity index (χ1v) is 6.55. The quantitative estimate of drug-likeness (QED) is 0.812. The first kappa shape index (κ1) is 10.8. The van der Waals surface area contributed by atoms with Gasteiger partial charge in [0, 0.05) is 11.6 Å². The van der Waals surface area contributed by atoms with Crippen molar-refractivity contribution in [1.82, 2.24) is 15.0 Å². The standard InChI is InChI=1S/C14H19N3/c1-9-3-6-11(7-4-9)13-16-12-8-5-10(2)15-14(12)17-13/h5,8-9,11H,3-4,6-7H2,1-2H3,(H,15,16,17). The summed E-state index contributed by atoms with van der Waals surface area (Å²) >= 11 is 0. The zero-order chi connectivity index (χ0) is 11.8. The predicted octanol–water partition coefficient (Wildman–Crippen LogP) is 3.56. The second-order valence-electron chi connectivity index (χ2n) is 5.40. The fourth-order valence-corrected chi connectivity index (χ4v) is 2.73. The number of aryl methyl sites for hydroxylation is 1. The van der Waals surface area contributed by atoms with E-state index in [0.717, 1.165) is 28.6 Å². The van der Waals surface area contributed by atoms with Crippen LogP contribution in [-0.2, 0) is 0 Å². The molecule has 3 nitrogen and oxygen atoms in total. The Morgan fingerprint density at radius 2 is 1.88 bits per heavy atom. The zero-order valence-electron chi connectivity index (χ0n) is 10.5. The van der Waals surface area contributed by atoms with Crippen LogP contribution in [0.3, 0.4) is 0 Å². The number of rotatable bonds is 1. The van der Waals surface area contributed by atoms with Gasteiger partial charge in [-0.25, -0.2) is 9.97 Å². The molecule has 1 saturated carbocycles. The number of nitrogens with one attached hydrogen (secondary N) is 1. The highest BCUT2D eigenvalue weighted by Gasteiger charge is 2.22. The van der Waals surface area contributed by atoms with Crippen molar-refractivity contribution in [3.05, 3.63) is 23.7 Å². The lowest BCUT2D eigenvalue weighted by molar-refractivity contribution is 0.341. The van der Waals surface area contributed by atoms with Gasteiger partial charge in [-0.05, 0) is 37.8 Å². The van der Waals surface area contributed by atoms with Gasteiger partial charge in [-0.3, -0.25) is 0 Å². The third-order valence-corrected chi connectivity index (χ3v) is 3.91. The molecule has 0 aliphatic heterocycles. The van der Waals surface area contributed by atoms with Crippen molar-refractivity contribution >= 4 is 11.2 Å². The van der Waals surface area contributed by atoms with Gasteiger partial charge in [0.25, 0.3) is 0 Å². The maximum Gasteiger partial charge on any atom is 0.177 e. The molecule has 1 fully saturated rings. The predicted molar refractivity (Wildman–Crippen MR) is 69.0 cm³/mol. The number of pyridine rings is 1. The molecule has 2 aromatic heterocycles. The Bertz CT molecular complexity index is 521. The van der Waals surface area contributed by atoms with E-state index in [-0.39, 0.29) is 0 Å². The SMILES string of the molecule is Cc1ccc2[nH]c(C3CCC(C)CC3)nc2n1. The number of fused-ring (bicyclic) bond motifs is 1. The highest BCUT2D eigenvalue weighted by atomic mass is 15.0. The van der Waals surface area contributed by atoms with Gasteiger partial charge in [0.15, 0.2) is 5.65 Å². The van der Waals surface area contributed by atoms with Crippen molar-refractivity contribution in [2.45, 2.75) is 45.4 Å². The summed E-state index contributed by atoms with van der Waals surface area (Å²) in [6, 6.07) is 4.12. The fraction of sp³-hybridized carbons (Fsp3) is 0.571. The maximum absolute atomic E-state index is 4.66. The molecule has 2 heterocycles. The molecule has 0 aromatic carbocycles. The summed E-state index contributed by atoms with van der Waals surface area (Å²) in [4.78, 5) is 12.6. The second-order valence-corrected chi connectivity index (χ2v) is 5.40. The van der Waals surface area contributed by atoms with Crippen molar-refractivity contribution in [1.29, 1.82) is 0 Å². The summed E-state index contributed by atoms with van der Waals surface area (Å²) in [7, 11) is 0. The molecule has 1 aliphatic carbocycles. The molecule has 0 unspecified atom stereocenters. The van der Waals surface area contributed by atoms with Crippen LogP contribution in [-0.4, -0.2) is 15.0 Å². The molecule has 3 heteroatoms. The molecule has 17 heavy (non-hydrogen) atoms. The lowest BCUT2D eigenvalue weighted by atomic mass is 9.83. The molecular weight excluding hydrogens is 210 g/mol. The molecular formula is C14H19N3. The molecule has 0 bridgehead atoms. The van der Waals surface area contributed by atoms with Crippen LogP contribution < -0.4 is 0 Å². The van der Waals surface area contributed by atoms with Gasteiger partial charge >= 0.3 is 0 Å². The smallest absolute Gasteiger partial charge is 0.177 e. The molecule has 1 N–H and O–H groups in total. The van der Waals surface area contributed by atoms with Crippen LogP contribution in [0, 0.1) is 12.8 Å². The second kappa shape index (κ2) is 4.13. The Morgan fingerprint density at radius 1 is 1.12 bits per heavy atom. The summed E-state index contributed by atoms with van der Waals surface area (Å²) < 4.78 is 0. The van der Waals surface area contributed by atoms with Gasteiger partial charge in [-0.1, -0.05) is 19.8 Å². The molecule has 0 atom stereocenters. The zero-order valence-corrected chi connectivity index (χ0v) is 10.5. The summed E-state index contributed by atoms with van der Waals surface area (Å²) in [5.41, 5.74) is 2.98. The van der Waals surface area contributed by atoms with Gasteiger partial charge < -0.3 is 4.98 Å². The Balaban J connectivity index is 1.90. The van der Waals surface area contributed by atoms with E-state index in [1.54, 1.807) is 0 Å². The van der Waals surface area contributed by atoms with Crippen molar-refractivity contribution in [2.24, 2.45) is 5.92 Å². The topological polar surface area (TPSA) is 41.6 Å². The van der Waals surface area contributed by atoms with Gasteiger partial charge in [0.1, 0.15) is 5.82 Å². The lowest BCUT2D eigenvalue weighted by Crippen LogP contribution is -2.11. The highest BCUT2D eigenvalue weighted by Crippen LogP contribution is 2.34. The first-order chi connectivity index (χ1) is 8.22. The van der Waals surface area contributed by atoms with Crippen LogP contribution >= 0.6 is 0 Å². The van der Waals surface area contributed by atoms with Gasteiger partial charge in [-0.2, -0.15) is 0 Å². The lowest BCUT2D eigenvalue weighted by Gasteiger charge is -2.24. The van der Waals surface area contributed by atoms with E-state index in [2.05, 4.69) is 27.9 Å². The van der Waals surface area contributed by atoms with Crippen LogP contribution in [0.5, 0.6) is 0 Å². The van der Waals surface area contributed by atoms with E-state index < -0.39 is 0 Å². The van der Waals surface area contributed by atoms with E-state index in [1.807, 2.05) is 13.0 Å². The molecule has 0 spiro atoms. The Labute approximate surface area is 102 Å². The molecule has 90 valence electrons.